The summed E-state index contributed by atoms with van der Waals surface area (Å²) >= 11 is 0. The summed E-state index contributed by atoms with van der Waals surface area (Å²) in [6.45, 7) is 0. The number of hydrogen-bond donors (Lipinski definition) is 2. The molecule has 4 heteroatoms. The second kappa shape index (κ2) is 5.73. The standard InChI is InChI=1S/C15H12O4/c16-12-4-1-11(2-5-12)3-10-15(18)19-14-8-6-13(17)7-9-14/h1-10,16-17H. The van der Waals surface area contributed by atoms with Crippen LogP contribution in [0.25, 0.3) is 6.08 Å². The van der Waals surface area contributed by atoms with Crippen molar-refractivity contribution in [1.29, 1.82) is 0 Å². The van der Waals surface area contributed by atoms with Crippen molar-refractivity contribution >= 4 is 12.0 Å². The Morgan fingerprint density at radius 2 is 1.42 bits per heavy atom. The minimum Gasteiger partial charge on any atom is -0.508 e. The van der Waals surface area contributed by atoms with Gasteiger partial charge in [0.1, 0.15) is 17.2 Å². The third-order valence-electron chi connectivity index (χ3n) is 2.36. The summed E-state index contributed by atoms with van der Waals surface area (Å²) < 4.78 is 5.03. The summed E-state index contributed by atoms with van der Waals surface area (Å²) in [6.07, 6.45) is 2.88. The number of carbonyl (C=O) groups excluding carboxylic acids is 1. The van der Waals surface area contributed by atoms with Crippen molar-refractivity contribution in [2.45, 2.75) is 0 Å². The van der Waals surface area contributed by atoms with E-state index in [1.807, 2.05) is 0 Å². The van der Waals surface area contributed by atoms with Crippen molar-refractivity contribution in [2.24, 2.45) is 0 Å². The fraction of sp³-hybridized carbons (Fsp3) is 0. The first-order valence-electron chi connectivity index (χ1n) is 5.61. The third-order valence-corrected chi connectivity index (χ3v) is 2.36. The molecule has 0 unspecified atom stereocenters. The molecule has 0 atom stereocenters. The Balaban J connectivity index is 1.97. The second-order valence-corrected chi connectivity index (χ2v) is 3.84. The highest BCUT2D eigenvalue weighted by Crippen LogP contribution is 2.16. The van der Waals surface area contributed by atoms with Gasteiger partial charge >= 0.3 is 5.97 Å². The normalized spacial score (nSPS) is 10.5. The predicted octanol–water partition coefficient (Wildman–Crippen LogP) is 2.72. The van der Waals surface area contributed by atoms with Gasteiger partial charge in [0, 0.05) is 6.08 Å². The molecule has 0 aromatic heterocycles. The van der Waals surface area contributed by atoms with E-state index in [1.54, 1.807) is 18.2 Å². The zero-order chi connectivity index (χ0) is 13.7. The third kappa shape index (κ3) is 3.89. The Hall–Kier alpha value is -2.75. The van der Waals surface area contributed by atoms with Crippen molar-refractivity contribution in [3.05, 3.63) is 60.2 Å². The number of phenolic OH excluding ortho intramolecular Hbond substituents is 2. The van der Waals surface area contributed by atoms with Crippen LogP contribution in [-0.2, 0) is 4.79 Å². The smallest absolute Gasteiger partial charge is 0.336 e. The van der Waals surface area contributed by atoms with Crippen LogP contribution in [0.3, 0.4) is 0 Å². The van der Waals surface area contributed by atoms with Crippen LogP contribution >= 0.6 is 0 Å². The summed E-state index contributed by atoms with van der Waals surface area (Å²) in [5.41, 5.74) is 0.778. The van der Waals surface area contributed by atoms with E-state index in [0.29, 0.717) is 5.75 Å². The first-order chi connectivity index (χ1) is 9.13. The predicted molar refractivity (Wildman–Crippen MR) is 70.9 cm³/mol. The summed E-state index contributed by atoms with van der Waals surface area (Å²) in [7, 11) is 0. The molecule has 0 aliphatic carbocycles. The molecular formula is C15H12O4. The number of aromatic hydroxyl groups is 2. The highest BCUT2D eigenvalue weighted by Gasteiger charge is 2.00. The Morgan fingerprint density at radius 3 is 2.00 bits per heavy atom. The average Bonchev–Trinajstić information content (AvgIpc) is 2.41. The molecule has 4 nitrogen and oxygen atoms in total. The van der Waals surface area contributed by atoms with E-state index in [-0.39, 0.29) is 11.5 Å². The lowest BCUT2D eigenvalue weighted by atomic mass is 10.2. The number of benzene rings is 2. The van der Waals surface area contributed by atoms with Crippen LogP contribution in [0, 0.1) is 0 Å². The maximum Gasteiger partial charge on any atom is 0.336 e. The van der Waals surface area contributed by atoms with Crippen molar-refractivity contribution in [1.82, 2.24) is 0 Å². The van der Waals surface area contributed by atoms with Crippen LogP contribution in [0.5, 0.6) is 17.2 Å². The van der Waals surface area contributed by atoms with E-state index in [4.69, 9.17) is 14.9 Å². The molecule has 2 aromatic carbocycles. The van der Waals surface area contributed by atoms with Crippen LogP contribution < -0.4 is 4.74 Å². The molecule has 0 aliphatic rings. The van der Waals surface area contributed by atoms with E-state index in [0.717, 1.165) is 5.56 Å². The Kier molecular flexibility index (Phi) is 3.83. The maximum atomic E-state index is 11.5. The first-order valence-corrected chi connectivity index (χ1v) is 5.61. The van der Waals surface area contributed by atoms with Gasteiger partial charge in [-0.3, -0.25) is 0 Å². The molecule has 0 heterocycles. The number of carbonyl (C=O) groups is 1. The largest absolute Gasteiger partial charge is 0.508 e. The van der Waals surface area contributed by atoms with E-state index < -0.39 is 5.97 Å². The van der Waals surface area contributed by atoms with Crippen LogP contribution in [0.2, 0.25) is 0 Å². The number of ether oxygens (including phenoxy) is 1. The Labute approximate surface area is 110 Å². The highest BCUT2D eigenvalue weighted by molar-refractivity contribution is 5.88. The van der Waals surface area contributed by atoms with Crippen LogP contribution in [0.4, 0.5) is 0 Å². The van der Waals surface area contributed by atoms with E-state index in [2.05, 4.69) is 0 Å². The summed E-state index contributed by atoms with van der Waals surface area (Å²) in [4.78, 5) is 11.5. The average molecular weight is 256 g/mol. The van der Waals surface area contributed by atoms with Crippen molar-refractivity contribution < 1.29 is 19.7 Å². The molecule has 0 spiro atoms. The van der Waals surface area contributed by atoms with Gasteiger partial charge in [0.15, 0.2) is 0 Å². The fourth-order valence-electron chi connectivity index (χ4n) is 1.41. The lowest BCUT2D eigenvalue weighted by Gasteiger charge is -2.00. The van der Waals surface area contributed by atoms with Gasteiger partial charge in [-0.15, -0.1) is 0 Å². The monoisotopic (exact) mass is 256 g/mol. The molecule has 0 radical (unpaired) electrons. The van der Waals surface area contributed by atoms with E-state index in [1.165, 1.54) is 42.5 Å². The Morgan fingerprint density at radius 1 is 0.895 bits per heavy atom. The van der Waals surface area contributed by atoms with Crippen molar-refractivity contribution in [2.75, 3.05) is 0 Å². The van der Waals surface area contributed by atoms with Gasteiger partial charge in [0.05, 0.1) is 0 Å². The number of phenols is 2. The molecule has 2 aromatic rings. The highest BCUT2D eigenvalue weighted by atomic mass is 16.5. The lowest BCUT2D eigenvalue weighted by Crippen LogP contribution is -2.03. The molecule has 0 bridgehead atoms. The van der Waals surface area contributed by atoms with Gasteiger partial charge in [-0.1, -0.05) is 12.1 Å². The van der Waals surface area contributed by atoms with Gasteiger partial charge in [0.25, 0.3) is 0 Å². The van der Waals surface area contributed by atoms with Gasteiger partial charge in [-0.05, 0) is 48.0 Å². The van der Waals surface area contributed by atoms with Crippen molar-refractivity contribution in [3.8, 4) is 17.2 Å². The van der Waals surface area contributed by atoms with E-state index >= 15 is 0 Å². The van der Waals surface area contributed by atoms with Crippen LogP contribution in [0.15, 0.2) is 54.6 Å². The Bertz CT molecular complexity index is 583. The maximum absolute atomic E-state index is 11.5. The summed E-state index contributed by atoms with van der Waals surface area (Å²) in [5.74, 6) is 0.125. The van der Waals surface area contributed by atoms with Crippen LogP contribution in [-0.4, -0.2) is 16.2 Å². The molecule has 2 rings (SSSR count). The van der Waals surface area contributed by atoms with Crippen molar-refractivity contribution in [3.63, 3.8) is 0 Å². The zero-order valence-corrected chi connectivity index (χ0v) is 9.98. The fourth-order valence-corrected chi connectivity index (χ4v) is 1.41. The molecule has 19 heavy (non-hydrogen) atoms. The number of esters is 1. The SMILES string of the molecule is O=C(C=Cc1ccc(O)cc1)Oc1ccc(O)cc1. The minimum atomic E-state index is -0.515. The van der Waals surface area contributed by atoms with Gasteiger partial charge in [-0.2, -0.15) is 0 Å². The molecule has 0 amide bonds. The van der Waals surface area contributed by atoms with Gasteiger partial charge < -0.3 is 14.9 Å². The lowest BCUT2D eigenvalue weighted by molar-refractivity contribution is -0.128. The molecule has 0 fully saturated rings. The second-order valence-electron chi connectivity index (χ2n) is 3.84. The number of rotatable bonds is 3. The van der Waals surface area contributed by atoms with E-state index in [9.17, 15) is 4.79 Å². The summed E-state index contributed by atoms with van der Waals surface area (Å²) in [5, 5.41) is 18.2. The topological polar surface area (TPSA) is 66.8 Å². The molecule has 0 aliphatic heterocycles. The first kappa shape index (κ1) is 12.7. The quantitative estimate of drug-likeness (QED) is 0.503. The molecule has 0 saturated carbocycles. The van der Waals surface area contributed by atoms with Crippen LogP contribution in [0.1, 0.15) is 5.56 Å². The molecule has 96 valence electrons. The number of hydrogen-bond acceptors (Lipinski definition) is 4. The van der Waals surface area contributed by atoms with Gasteiger partial charge in [-0.25, -0.2) is 4.79 Å². The summed E-state index contributed by atoms with van der Waals surface area (Å²) in [6, 6.07) is 12.3. The molecular weight excluding hydrogens is 244 g/mol. The zero-order valence-electron chi connectivity index (χ0n) is 9.98. The molecule has 2 N–H and O–H groups in total. The van der Waals surface area contributed by atoms with Gasteiger partial charge in [0.2, 0.25) is 0 Å². The minimum absolute atomic E-state index is 0.111. The molecule has 0 saturated heterocycles.